The Morgan fingerprint density at radius 3 is 2.58 bits per heavy atom. The molecule has 3 heterocycles. The van der Waals surface area contributed by atoms with E-state index in [0.29, 0.717) is 0 Å². The van der Waals surface area contributed by atoms with Crippen LogP contribution in [0.3, 0.4) is 0 Å². The monoisotopic (exact) mass is 339 g/mol. The molecule has 0 amide bonds. The first-order chi connectivity index (χ1) is 11.8. The number of fused-ring (bicyclic) bond motifs is 1. The molecular weight excluding hydrogens is 318 g/mol. The van der Waals surface area contributed by atoms with E-state index >= 15 is 0 Å². The van der Waals surface area contributed by atoms with Crippen LogP contribution in [0.2, 0.25) is 0 Å². The molecule has 0 saturated carbocycles. The number of hydrogen-bond acceptors (Lipinski definition) is 5. The molecule has 1 aliphatic rings. The molecule has 0 radical (unpaired) electrons. The maximum Gasteiger partial charge on any atom is 0.141 e. The number of piperidine rings is 1. The maximum absolute atomic E-state index is 5.27. The average Bonchev–Trinajstić information content (AvgIpc) is 3.07. The third kappa shape index (κ3) is 2.73. The first kappa shape index (κ1) is 15.4. The minimum Gasteiger partial charge on any atom is -0.497 e. The van der Waals surface area contributed by atoms with Crippen molar-refractivity contribution in [3.63, 3.8) is 0 Å². The van der Waals surface area contributed by atoms with Gasteiger partial charge in [-0.05, 0) is 36.5 Å². The highest BCUT2D eigenvalue weighted by atomic mass is 32.1. The Balaban J connectivity index is 1.79. The van der Waals surface area contributed by atoms with Crippen LogP contribution in [-0.4, -0.2) is 30.2 Å². The molecule has 1 fully saturated rings. The van der Waals surface area contributed by atoms with E-state index in [4.69, 9.17) is 4.74 Å². The summed E-state index contributed by atoms with van der Waals surface area (Å²) >= 11 is 1.69. The van der Waals surface area contributed by atoms with E-state index in [1.54, 1.807) is 24.8 Å². The molecule has 0 bridgehead atoms. The molecule has 24 heavy (non-hydrogen) atoms. The Morgan fingerprint density at radius 1 is 1.12 bits per heavy atom. The van der Waals surface area contributed by atoms with Gasteiger partial charge in [0, 0.05) is 24.0 Å². The second-order valence-corrected chi connectivity index (χ2v) is 7.28. The van der Waals surface area contributed by atoms with Crippen LogP contribution in [0.4, 0.5) is 5.82 Å². The topological polar surface area (TPSA) is 38.3 Å². The smallest absolute Gasteiger partial charge is 0.141 e. The molecule has 2 aromatic heterocycles. The number of aromatic nitrogens is 2. The highest BCUT2D eigenvalue weighted by molar-refractivity contribution is 7.17. The summed E-state index contributed by atoms with van der Waals surface area (Å²) in [5.74, 6) is 2.76. The standard InChI is InChI=1S/C19H21N3OS/c1-13-7-9-22(10-8-13)18-17-16(11-24-19(17)21-12-20-18)14-3-5-15(23-2)6-4-14/h3-6,11-13H,7-10H2,1-2H3. The van der Waals surface area contributed by atoms with Crippen LogP contribution in [0.15, 0.2) is 36.0 Å². The second-order valence-electron chi connectivity index (χ2n) is 6.42. The molecule has 0 unspecified atom stereocenters. The summed E-state index contributed by atoms with van der Waals surface area (Å²) in [6, 6.07) is 8.22. The number of thiophene rings is 1. The fourth-order valence-electron chi connectivity index (χ4n) is 3.30. The van der Waals surface area contributed by atoms with Crippen molar-refractivity contribution in [3.8, 4) is 16.9 Å². The molecule has 0 N–H and O–H groups in total. The van der Waals surface area contributed by atoms with Crippen molar-refractivity contribution in [2.45, 2.75) is 19.8 Å². The van der Waals surface area contributed by atoms with Gasteiger partial charge in [0.2, 0.25) is 0 Å². The predicted molar refractivity (Wildman–Crippen MR) is 100 cm³/mol. The van der Waals surface area contributed by atoms with Crippen LogP contribution in [-0.2, 0) is 0 Å². The molecule has 1 aromatic carbocycles. The van der Waals surface area contributed by atoms with Crippen molar-refractivity contribution in [2.75, 3.05) is 25.1 Å². The number of rotatable bonds is 3. The lowest BCUT2D eigenvalue weighted by Gasteiger charge is -2.31. The van der Waals surface area contributed by atoms with E-state index in [0.717, 1.165) is 35.4 Å². The zero-order chi connectivity index (χ0) is 16.5. The second kappa shape index (κ2) is 6.40. The average molecular weight is 339 g/mol. The van der Waals surface area contributed by atoms with Gasteiger partial charge < -0.3 is 9.64 Å². The molecular formula is C19H21N3OS. The summed E-state index contributed by atoms with van der Waals surface area (Å²) in [4.78, 5) is 12.6. The predicted octanol–water partition coefficient (Wildman–Crippen LogP) is 4.60. The number of methoxy groups -OCH3 is 1. The van der Waals surface area contributed by atoms with Crippen LogP contribution in [0, 0.1) is 5.92 Å². The minimum absolute atomic E-state index is 0.808. The van der Waals surface area contributed by atoms with Gasteiger partial charge in [-0.2, -0.15) is 0 Å². The van der Waals surface area contributed by atoms with E-state index in [9.17, 15) is 0 Å². The third-order valence-corrected chi connectivity index (χ3v) is 5.72. The van der Waals surface area contributed by atoms with Crippen LogP contribution in [0.25, 0.3) is 21.3 Å². The number of ether oxygens (including phenoxy) is 1. The van der Waals surface area contributed by atoms with E-state index in [2.05, 4.69) is 39.3 Å². The summed E-state index contributed by atoms with van der Waals surface area (Å²) in [5.41, 5.74) is 2.40. The Bertz CT molecular complexity index is 835. The molecule has 0 atom stereocenters. The molecule has 3 aromatic rings. The molecule has 124 valence electrons. The zero-order valence-electron chi connectivity index (χ0n) is 14.0. The number of anilines is 1. The summed E-state index contributed by atoms with van der Waals surface area (Å²) in [5, 5.41) is 3.37. The Kier molecular flexibility index (Phi) is 4.10. The van der Waals surface area contributed by atoms with E-state index < -0.39 is 0 Å². The van der Waals surface area contributed by atoms with Crippen molar-refractivity contribution >= 4 is 27.4 Å². The maximum atomic E-state index is 5.27. The van der Waals surface area contributed by atoms with Gasteiger partial charge in [0.05, 0.1) is 12.5 Å². The quantitative estimate of drug-likeness (QED) is 0.699. The summed E-state index contributed by atoms with van der Waals surface area (Å²) in [6.07, 6.45) is 4.16. The van der Waals surface area contributed by atoms with Gasteiger partial charge in [-0.1, -0.05) is 19.1 Å². The number of benzene rings is 1. The van der Waals surface area contributed by atoms with Crippen LogP contribution >= 0.6 is 11.3 Å². The van der Waals surface area contributed by atoms with Gasteiger partial charge in [-0.15, -0.1) is 11.3 Å². The van der Waals surface area contributed by atoms with Gasteiger partial charge in [-0.25, -0.2) is 9.97 Å². The SMILES string of the molecule is COc1ccc(-c2csc3ncnc(N4CCC(C)CC4)c23)cc1. The highest BCUT2D eigenvalue weighted by Gasteiger charge is 2.21. The van der Waals surface area contributed by atoms with Gasteiger partial charge in [0.1, 0.15) is 22.7 Å². The Hall–Kier alpha value is -2.14. The fraction of sp³-hybridized carbons (Fsp3) is 0.368. The van der Waals surface area contributed by atoms with E-state index in [1.165, 1.54) is 29.4 Å². The third-order valence-electron chi connectivity index (χ3n) is 4.83. The summed E-state index contributed by atoms with van der Waals surface area (Å²) in [7, 11) is 1.69. The Labute approximate surface area is 146 Å². The molecule has 1 saturated heterocycles. The van der Waals surface area contributed by atoms with Gasteiger partial charge in [0.15, 0.2) is 0 Å². The lowest BCUT2D eigenvalue weighted by molar-refractivity contribution is 0.415. The number of hydrogen-bond donors (Lipinski definition) is 0. The van der Waals surface area contributed by atoms with Gasteiger partial charge in [0.25, 0.3) is 0 Å². The first-order valence-electron chi connectivity index (χ1n) is 8.38. The molecule has 0 aliphatic carbocycles. The van der Waals surface area contributed by atoms with Crippen molar-refractivity contribution in [3.05, 3.63) is 36.0 Å². The highest BCUT2D eigenvalue weighted by Crippen LogP contribution is 2.39. The normalized spacial score (nSPS) is 15.8. The first-order valence-corrected chi connectivity index (χ1v) is 9.26. The molecule has 4 nitrogen and oxygen atoms in total. The molecule has 0 spiro atoms. The largest absolute Gasteiger partial charge is 0.497 e. The van der Waals surface area contributed by atoms with Crippen molar-refractivity contribution in [2.24, 2.45) is 5.92 Å². The van der Waals surface area contributed by atoms with Crippen LogP contribution < -0.4 is 9.64 Å². The summed E-state index contributed by atoms with van der Waals surface area (Å²) in [6.45, 7) is 4.48. The van der Waals surface area contributed by atoms with E-state index in [-0.39, 0.29) is 0 Å². The van der Waals surface area contributed by atoms with E-state index in [1.807, 2.05) is 12.1 Å². The van der Waals surface area contributed by atoms with Gasteiger partial charge in [-0.3, -0.25) is 0 Å². The molecule has 1 aliphatic heterocycles. The van der Waals surface area contributed by atoms with Crippen LogP contribution in [0.5, 0.6) is 5.75 Å². The lowest BCUT2D eigenvalue weighted by Crippen LogP contribution is -2.33. The number of nitrogens with zero attached hydrogens (tertiary/aromatic N) is 3. The Morgan fingerprint density at radius 2 is 1.88 bits per heavy atom. The lowest BCUT2D eigenvalue weighted by atomic mass is 9.98. The van der Waals surface area contributed by atoms with Crippen molar-refractivity contribution in [1.29, 1.82) is 0 Å². The fourth-order valence-corrected chi connectivity index (χ4v) is 4.21. The minimum atomic E-state index is 0.808. The van der Waals surface area contributed by atoms with Crippen LogP contribution in [0.1, 0.15) is 19.8 Å². The molecule has 4 rings (SSSR count). The molecule has 5 heteroatoms. The summed E-state index contributed by atoms with van der Waals surface area (Å²) < 4.78 is 5.27. The zero-order valence-corrected chi connectivity index (χ0v) is 14.8. The van der Waals surface area contributed by atoms with Crippen molar-refractivity contribution in [1.82, 2.24) is 9.97 Å². The van der Waals surface area contributed by atoms with Crippen molar-refractivity contribution < 1.29 is 4.74 Å². The van der Waals surface area contributed by atoms with Gasteiger partial charge >= 0.3 is 0 Å².